The minimum Gasteiger partial charge on any atom is -0.508 e. The van der Waals surface area contributed by atoms with Crippen LogP contribution >= 0.6 is 58.0 Å². The second kappa shape index (κ2) is 21.2. The second-order valence-corrected chi connectivity index (χ2v) is 17.0. The quantitative estimate of drug-likeness (QED) is 0.184. The van der Waals surface area contributed by atoms with Gasteiger partial charge >= 0.3 is 0 Å². The number of benzene rings is 2. The number of aromatic hydroxyl groups is 1. The third kappa shape index (κ3) is 11.7. The molecule has 0 radical (unpaired) electrons. The molecule has 0 spiro atoms. The number of hydrogen-bond acceptors (Lipinski definition) is 10. The molecule has 2 fully saturated rings. The largest absolute Gasteiger partial charge is 0.508 e. The van der Waals surface area contributed by atoms with Crippen molar-refractivity contribution in [1.82, 2.24) is 39.6 Å². The number of aromatic nitrogens is 6. The van der Waals surface area contributed by atoms with Crippen LogP contribution in [-0.2, 0) is 39.8 Å². The third-order valence-electron chi connectivity index (χ3n) is 11.3. The minimum absolute atomic E-state index is 0.0131. The fraction of sp³-hybridized carbons (Fsp3) is 0.429. The van der Waals surface area contributed by atoms with Crippen molar-refractivity contribution in [2.24, 2.45) is 14.1 Å². The van der Waals surface area contributed by atoms with E-state index in [2.05, 4.69) is 48.4 Å². The summed E-state index contributed by atoms with van der Waals surface area (Å²) in [6.45, 7) is 4.61. The number of nitrogens with zero attached hydrogens (tertiary/aromatic N) is 7. The van der Waals surface area contributed by atoms with Gasteiger partial charge < -0.3 is 9.84 Å². The number of hydrogen-bond donors (Lipinski definition) is 2. The zero-order chi connectivity index (χ0) is 42.9. The molecule has 4 aliphatic rings. The monoisotopic (exact) mass is 918 g/mol. The lowest BCUT2D eigenvalue weighted by Crippen LogP contribution is -2.41. The van der Waals surface area contributed by atoms with Gasteiger partial charge in [0.05, 0.1) is 28.6 Å². The van der Waals surface area contributed by atoms with Gasteiger partial charge in [-0.05, 0) is 97.9 Å². The summed E-state index contributed by atoms with van der Waals surface area (Å²) >= 11 is 27.8. The third-order valence-corrected chi connectivity index (χ3v) is 13.1. The summed E-state index contributed by atoms with van der Waals surface area (Å²) in [6.07, 6.45) is 16.7. The Morgan fingerprint density at radius 3 is 1.65 bits per heavy atom. The number of H-pyrrole nitrogens is 1. The van der Waals surface area contributed by atoms with Crippen LogP contribution < -0.4 is 21.4 Å². The van der Waals surface area contributed by atoms with Crippen molar-refractivity contribution in [3.05, 3.63) is 133 Å². The molecule has 13 nitrogen and oxygen atoms in total. The number of rotatable bonds is 4. The molecule has 5 heterocycles. The van der Waals surface area contributed by atoms with E-state index in [9.17, 15) is 19.5 Å². The van der Waals surface area contributed by atoms with E-state index in [0.29, 0.717) is 17.2 Å². The van der Waals surface area contributed by atoms with Crippen molar-refractivity contribution < 1.29 is 9.84 Å². The molecule has 0 atom stereocenters. The van der Waals surface area contributed by atoms with Crippen LogP contribution in [0.3, 0.4) is 0 Å². The van der Waals surface area contributed by atoms with E-state index in [1.807, 2.05) is 18.2 Å². The first-order valence-electron chi connectivity index (χ1n) is 19.8. The van der Waals surface area contributed by atoms with Gasteiger partial charge in [0.1, 0.15) is 21.5 Å². The topological polar surface area (TPSA) is 151 Å². The Morgan fingerprint density at radius 2 is 1.13 bits per heavy atom. The number of aryl methyl sites for hydroxylation is 2. The summed E-state index contributed by atoms with van der Waals surface area (Å²) in [4.78, 5) is 38.5. The molecule has 18 heteroatoms. The smallest absolute Gasteiger partial charge is 0.289 e. The van der Waals surface area contributed by atoms with Gasteiger partial charge in [0.2, 0.25) is 0 Å². The standard InChI is InChI=1S/C19H22ClN3O2.C14H19NO.C5H4Cl2N2O.C4H2Cl2N2O/c1-22-19(24)18(20)17(12-21-22)25-16-6-5-13-7-9-23(15-3-2-4-15)10-8-14(13)11-16;16-14-5-4-11-6-8-15(13-2-1-3-13)9-7-12(11)10-14;1-9-5(10)4(7)3(6)2-8-9;5-2-1-7-8-4(9)3(2)6/h5-6,11-12,15H,2-4,7-10H2,1H3;4-5,10,13,16H,1-3,6-9H2;2H,1H3;1H,(H,8,9). The predicted molar refractivity (Wildman–Crippen MR) is 237 cm³/mol. The highest BCUT2D eigenvalue weighted by Crippen LogP contribution is 2.32. The van der Waals surface area contributed by atoms with E-state index in [4.69, 9.17) is 62.7 Å². The van der Waals surface area contributed by atoms with Gasteiger partial charge in [-0.3, -0.25) is 24.2 Å². The summed E-state index contributed by atoms with van der Waals surface area (Å²) < 4.78 is 8.15. The number of fused-ring (bicyclic) bond motifs is 2. The average Bonchev–Trinajstić information content (AvgIpc) is 3.53. The SMILES string of the molecule is Cn1ncc(Cl)c(Cl)c1=O.Cn1ncc(Oc2ccc3c(c2)CCN(C2CCC2)CC3)c(Cl)c1=O.O=c1[nH]ncc(Cl)c1Cl.Oc1ccc2c(c1)CCN(C1CCC1)CC2. The summed E-state index contributed by atoms with van der Waals surface area (Å²) in [5.41, 5.74) is 4.29. The molecular formula is C42H47Cl5N8O5. The molecule has 3 aromatic heterocycles. The molecule has 2 aliphatic carbocycles. The van der Waals surface area contributed by atoms with Crippen LogP contribution in [0.5, 0.6) is 17.2 Å². The van der Waals surface area contributed by atoms with Gasteiger partial charge in [0, 0.05) is 52.4 Å². The Kier molecular flexibility index (Phi) is 16.1. The van der Waals surface area contributed by atoms with Crippen LogP contribution in [0.2, 0.25) is 25.1 Å². The highest BCUT2D eigenvalue weighted by Gasteiger charge is 2.27. The Balaban J connectivity index is 0.000000147. The molecule has 2 saturated carbocycles. The van der Waals surface area contributed by atoms with Crippen LogP contribution in [0.25, 0.3) is 0 Å². The highest BCUT2D eigenvalue weighted by atomic mass is 35.5. The van der Waals surface area contributed by atoms with Crippen LogP contribution in [-0.4, -0.2) is 82.9 Å². The van der Waals surface area contributed by atoms with Crippen LogP contribution in [0, 0.1) is 0 Å². The van der Waals surface area contributed by atoms with Crippen molar-refractivity contribution in [2.45, 2.75) is 76.3 Å². The first-order valence-corrected chi connectivity index (χ1v) is 21.7. The number of phenols is 1. The Hall–Kier alpha value is -3.95. The molecule has 2 aliphatic heterocycles. The van der Waals surface area contributed by atoms with Gasteiger partial charge in [-0.1, -0.05) is 83.0 Å². The summed E-state index contributed by atoms with van der Waals surface area (Å²) in [5, 5.41) is 23.0. The molecule has 0 unspecified atom stereocenters. The fourth-order valence-corrected chi connectivity index (χ4v) is 8.02. The number of aromatic amines is 1. The van der Waals surface area contributed by atoms with Gasteiger partial charge in [-0.25, -0.2) is 14.5 Å². The van der Waals surface area contributed by atoms with Gasteiger partial charge in [0.25, 0.3) is 16.7 Å². The normalized spacial score (nSPS) is 16.6. The van der Waals surface area contributed by atoms with Crippen LogP contribution in [0.15, 0.2) is 69.4 Å². The van der Waals surface area contributed by atoms with Crippen molar-refractivity contribution in [3.8, 4) is 17.2 Å². The second-order valence-electron chi connectivity index (χ2n) is 15.1. The lowest BCUT2D eigenvalue weighted by Gasteiger charge is -2.36. The molecule has 320 valence electrons. The van der Waals surface area contributed by atoms with E-state index in [0.717, 1.165) is 55.5 Å². The molecule has 60 heavy (non-hydrogen) atoms. The van der Waals surface area contributed by atoms with Gasteiger partial charge in [-0.15, -0.1) is 0 Å². The predicted octanol–water partition coefficient (Wildman–Crippen LogP) is 7.69. The Bertz CT molecular complexity index is 2450. The molecular weight excluding hydrogens is 874 g/mol. The molecule has 9 rings (SSSR count). The summed E-state index contributed by atoms with van der Waals surface area (Å²) in [5.74, 6) is 1.41. The summed E-state index contributed by atoms with van der Waals surface area (Å²) in [7, 11) is 3.07. The zero-order valence-corrected chi connectivity index (χ0v) is 37.1. The van der Waals surface area contributed by atoms with E-state index in [1.54, 1.807) is 7.05 Å². The maximum absolute atomic E-state index is 11.9. The highest BCUT2D eigenvalue weighted by molar-refractivity contribution is 6.42. The zero-order valence-electron chi connectivity index (χ0n) is 33.4. The van der Waals surface area contributed by atoms with E-state index in [-0.39, 0.29) is 36.2 Å². The van der Waals surface area contributed by atoms with Crippen LogP contribution in [0.4, 0.5) is 0 Å². The molecule has 2 N–H and O–H groups in total. The van der Waals surface area contributed by atoms with Gasteiger partial charge in [-0.2, -0.15) is 15.3 Å². The van der Waals surface area contributed by atoms with E-state index in [1.165, 1.54) is 104 Å². The Labute approximate surface area is 372 Å². The first-order chi connectivity index (χ1) is 28.8. The molecule has 0 saturated heterocycles. The van der Waals surface area contributed by atoms with E-state index < -0.39 is 5.56 Å². The molecule has 0 bridgehead atoms. The Morgan fingerprint density at radius 1 is 0.633 bits per heavy atom. The number of nitrogens with one attached hydrogen (secondary N) is 1. The maximum atomic E-state index is 11.9. The summed E-state index contributed by atoms with van der Waals surface area (Å²) in [6, 6.07) is 13.7. The minimum atomic E-state index is -0.468. The van der Waals surface area contributed by atoms with Gasteiger partial charge in [0.15, 0.2) is 10.8 Å². The molecule has 5 aromatic rings. The molecule has 2 aromatic carbocycles. The average molecular weight is 921 g/mol. The number of phenolic OH excluding ortho intramolecular Hbond substituents is 1. The molecule has 0 amide bonds. The van der Waals surface area contributed by atoms with E-state index >= 15 is 0 Å². The van der Waals surface area contributed by atoms with Crippen molar-refractivity contribution >= 4 is 58.0 Å². The number of ether oxygens (including phenoxy) is 1. The van der Waals surface area contributed by atoms with Crippen molar-refractivity contribution in [3.63, 3.8) is 0 Å². The van der Waals surface area contributed by atoms with Crippen LogP contribution in [0.1, 0.15) is 60.8 Å². The fourth-order valence-electron chi connectivity index (χ4n) is 7.29. The van der Waals surface area contributed by atoms with Crippen molar-refractivity contribution in [1.29, 1.82) is 0 Å². The first kappa shape index (κ1) is 45.6. The lowest BCUT2D eigenvalue weighted by atomic mass is 9.91. The maximum Gasteiger partial charge on any atom is 0.289 e. The number of halogens is 5. The van der Waals surface area contributed by atoms with Crippen molar-refractivity contribution in [2.75, 3.05) is 26.2 Å². The lowest BCUT2D eigenvalue weighted by molar-refractivity contribution is 0.133.